The highest BCUT2D eigenvalue weighted by Gasteiger charge is 2.36. The summed E-state index contributed by atoms with van der Waals surface area (Å²) in [6.45, 7) is 5.49. The molecule has 8 nitrogen and oxygen atoms in total. The van der Waals surface area contributed by atoms with Gasteiger partial charge in [0, 0.05) is 44.1 Å². The Labute approximate surface area is 186 Å². The van der Waals surface area contributed by atoms with Crippen LogP contribution in [0.2, 0.25) is 0 Å². The number of hydrogen-bond donors (Lipinski definition) is 2. The van der Waals surface area contributed by atoms with Crippen LogP contribution in [0.1, 0.15) is 25.1 Å². The summed E-state index contributed by atoms with van der Waals surface area (Å²) in [5.41, 5.74) is 1.85. The Morgan fingerprint density at radius 1 is 1.19 bits per heavy atom. The van der Waals surface area contributed by atoms with Crippen LogP contribution in [0.4, 0.5) is 14.9 Å². The number of hydrogen-bond acceptors (Lipinski definition) is 6. The quantitative estimate of drug-likeness (QED) is 0.669. The van der Waals surface area contributed by atoms with Gasteiger partial charge in [0.05, 0.1) is 18.4 Å². The molecule has 0 spiro atoms. The molecule has 9 heteroatoms. The molecule has 0 saturated carbocycles. The van der Waals surface area contributed by atoms with Crippen LogP contribution in [-0.4, -0.2) is 56.2 Å². The molecule has 2 N–H and O–H groups in total. The standard InChI is InChI=1S/C23H27FN4O4/c1-2-31-22(29)20-18(25-23(30)26-21(20)19-5-3-14-32-19)15-27-10-4-11-28(13-12-27)17-8-6-16(24)7-9-17/h3,5-9,14,21H,2,4,10-13,15H2,1H3,(H2,25,26,30). The van der Waals surface area contributed by atoms with Crippen molar-refractivity contribution in [2.45, 2.75) is 19.4 Å². The molecule has 2 aromatic rings. The number of anilines is 1. The van der Waals surface area contributed by atoms with Gasteiger partial charge in [0.25, 0.3) is 0 Å². The molecule has 1 aromatic carbocycles. The minimum atomic E-state index is -0.713. The molecule has 170 valence electrons. The van der Waals surface area contributed by atoms with Crippen LogP contribution in [0.25, 0.3) is 0 Å². The zero-order valence-corrected chi connectivity index (χ0v) is 18.0. The van der Waals surface area contributed by atoms with Crippen LogP contribution in [-0.2, 0) is 9.53 Å². The second-order valence-electron chi connectivity index (χ2n) is 7.75. The molecule has 0 aliphatic carbocycles. The minimum Gasteiger partial charge on any atom is -0.467 e. The van der Waals surface area contributed by atoms with Crippen LogP contribution in [0.5, 0.6) is 0 Å². The van der Waals surface area contributed by atoms with Gasteiger partial charge in [-0.3, -0.25) is 4.90 Å². The van der Waals surface area contributed by atoms with Crippen molar-refractivity contribution in [1.29, 1.82) is 0 Å². The predicted octanol–water partition coefficient (Wildman–Crippen LogP) is 2.80. The van der Waals surface area contributed by atoms with Gasteiger partial charge in [0.15, 0.2) is 0 Å². The van der Waals surface area contributed by atoms with E-state index in [1.165, 1.54) is 18.4 Å². The van der Waals surface area contributed by atoms with Crippen molar-refractivity contribution in [2.75, 3.05) is 44.2 Å². The average Bonchev–Trinajstić information content (AvgIpc) is 3.21. The summed E-state index contributed by atoms with van der Waals surface area (Å²) >= 11 is 0. The maximum Gasteiger partial charge on any atom is 0.338 e. The lowest BCUT2D eigenvalue weighted by molar-refractivity contribution is -0.139. The summed E-state index contributed by atoms with van der Waals surface area (Å²) in [4.78, 5) is 29.6. The molecule has 2 aliphatic rings. The molecule has 1 saturated heterocycles. The van der Waals surface area contributed by atoms with Crippen LogP contribution >= 0.6 is 0 Å². The van der Waals surface area contributed by atoms with E-state index in [9.17, 15) is 14.0 Å². The van der Waals surface area contributed by atoms with E-state index in [0.717, 1.165) is 38.3 Å². The monoisotopic (exact) mass is 442 g/mol. The second-order valence-corrected chi connectivity index (χ2v) is 7.75. The second kappa shape index (κ2) is 9.86. The van der Waals surface area contributed by atoms with E-state index in [0.29, 0.717) is 23.6 Å². The number of rotatable bonds is 6. The Morgan fingerprint density at radius 2 is 2.00 bits per heavy atom. The third-order valence-electron chi connectivity index (χ3n) is 5.64. The molecule has 3 heterocycles. The highest BCUT2D eigenvalue weighted by molar-refractivity contribution is 5.95. The minimum absolute atomic E-state index is 0.227. The number of furan rings is 1. The lowest BCUT2D eigenvalue weighted by Crippen LogP contribution is -2.48. The first kappa shape index (κ1) is 21.9. The highest BCUT2D eigenvalue weighted by Crippen LogP contribution is 2.28. The van der Waals surface area contributed by atoms with Crippen molar-refractivity contribution in [3.63, 3.8) is 0 Å². The molecule has 0 radical (unpaired) electrons. The molecule has 1 atom stereocenters. The Bertz CT molecular complexity index is 974. The highest BCUT2D eigenvalue weighted by atomic mass is 19.1. The Morgan fingerprint density at radius 3 is 2.72 bits per heavy atom. The van der Waals surface area contributed by atoms with Gasteiger partial charge in [0.1, 0.15) is 17.6 Å². The summed E-state index contributed by atoms with van der Waals surface area (Å²) in [5.74, 6) is -0.269. The number of halogens is 1. The van der Waals surface area contributed by atoms with Crippen molar-refractivity contribution >= 4 is 17.7 Å². The number of esters is 1. The number of amides is 2. The Balaban J connectivity index is 1.54. The van der Waals surface area contributed by atoms with Gasteiger partial charge < -0.3 is 24.7 Å². The normalized spacial score (nSPS) is 19.9. The number of urea groups is 1. The number of nitrogens with zero attached hydrogens (tertiary/aromatic N) is 2. The fourth-order valence-corrected chi connectivity index (χ4v) is 4.12. The average molecular weight is 442 g/mol. The van der Waals surface area contributed by atoms with Gasteiger partial charge in [-0.15, -0.1) is 0 Å². The summed E-state index contributed by atoms with van der Waals surface area (Å²) in [6.07, 6.45) is 2.40. The molecular formula is C23H27FN4O4. The number of carbonyl (C=O) groups excluding carboxylic acids is 2. The van der Waals surface area contributed by atoms with Crippen LogP contribution in [0.15, 0.2) is 58.3 Å². The van der Waals surface area contributed by atoms with Crippen LogP contribution in [0.3, 0.4) is 0 Å². The maximum absolute atomic E-state index is 13.3. The first-order chi connectivity index (χ1) is 15.5. The summed E-state index contributed by atoms with van der Waals surface area (Å²) < 4.78 is 24.0. The van der Waals surface area contributed by atoms with E-state index in [-0.39, 0.29) is 12.4 Å². The van der Waals surface area contributed by atoms with Gasteiger partial charge in [0.2, 0.25) is 0 Å². The van der Waals surface area contributed by atoms with Gasteiger partial charge in [-0.1, -0.05) is 0 Å². The van der Waals surface area contributed by atoms with Gasteiger partial charge in [-0.2, -0.15) is 0 Å². The molecule has 2 amide bonds. The van der Waals surface area contributed by atoms with Crippen LogP contribution in [0, 0.1) is 5.82 Å². The molecule has 2 aliphatic heterocycles. The van der Waals surface area contributed by atoms with E-state index in [1.807, 2.05) is 0 Å². The topological polar surface area (TPSA) is 87.0 Å². The lowest BCUT2D eigenvalue weighted by Gasteiger charge is -2.30. The first-order valence-electron chi connectivity index (χ1n) is 10.8. The molecule has 0 bridgehead atoms. The molecule has 4 rings (SSSR count). The third kappa shape index (κ3) is 4.94. The molecule has 1 aromatic heterocycles. The summed E-state index contributed by atoms with van der Waals surface area (Å²) in [5, 5.41) is 5.57. The van der Waals surface area contributed by atoms with E-state index >= 15 is 0 Å². The fraction of sp³-hybridized carbons (Fsp3) is 0.391. The van der Waals surface area contributed by atoms with Crippen molar-refractivity contribution in [2.24, 2.45) is 0 Å². The van der Waals surface area contributed by atoms with Crippen molar-refractivity contribution in [3.8, 4) is 0 Å². The van der Waals surface area contributed by atoms with Gasteiger partial charge in [-0.05, 0) is 49.7 Å². The first-order valence-corrected chi connectivity index (χ1v) is 10.8. The van der Waals surface area contributed by atoms with E-state index in [1.54, 1.807) is 31.2 Å². The Hall–Kier alpha value is -3.33. The van der Waals surface area contributed by atoms with Crippen molar-refractivity contribution < 1.29 is 23.1 Å². The zero-order chi connectivity index (χ0) is 22.5. The third-order valence-corrected chi connectivity index (χ3v) is 5.64. The smallest absolute Gasteiger partial charge is 0.338 e. The molecule has 32 heavy (non-hydrogen) atoms. The van der Waals surface area contributed by atoms with Crippen molar-refractivity contribution in [1.82, 2.24) is 15.5 Å². The van der Waals surface area contributed by atoms with Gasteiger partial charge >= 0.3 is 12.0 Å². The Kier molecular flexibility index (Phi) is 6.75. The number of carbonyl (C=O) groups is 2. The molecule has 1 unspecified atom stereocenters. The maximum atomic E-state index is 13.3. The van der Waals surface area contributed by atoms with E-state index in [2.05, 4.69) is 20.4 Å². The van der Waals surface area contributed by atoms with Crippen LogP contribution < -0.4 is 15.5 Å². The van der Waals surface area contributed by atoms with E-state index in [4.69, 9.17) is 9.15 Å². The number of ether oxygens (including phenoxy) is 1. The SMILES string of the molecule is CCOC(=O)C1=C(CN2CCCN(c3ccc(F)cc3)CC2)NC(=O)NC1c1ccco1. The largest absolute Gasteiger partial charge is 0.467 e. The van der Waals surface area contributed by atoms with Crippen molar-refractivity contribution in [3.05, 3.63) is 65.5 Å². The summed E-state index contributed by atoms with van der Waals surface area (Å²) in [6, 6.07) is 8.83. The van der Waals surface area contributed by atoms with E-state index < -0.39 is 18.0 Å². The molecule has 1 fully saturated rings. The number of benzene rings is 1. The zero-order valence-electron chi connectivity index (χ0n) is 18.0. The predicted molar refractivity (Wildman–Crippen MR) is 116 cm³/mol. The lowest BCUT2D eigenvalue weighted by atomic mass is 10.00. The molecular weight excluding hydrogens is 415 g/mol. The fourth-order valence-electron chi connectivity index (χ4n) is 4.12. The number of nitrogens with one attached hydrogen (secondary N) is 2. The summed E-state index contributed by atoms with van der Waals surface area (Å²) in [7, 11) is 0. The van der Waals surface area contributed by atoms with Gasteiger partial charge in [-0.25, -0.2) is 14.0 Å².